The van der Waals surface area contributed by atoms with Gasteiger partial charge in [-0.05, 0) is 42.0 Å². The van der Waals surface area contributed by atoms with Crippen molar-refractivity contribution in [3.8, 4) is 0 Å². The zero-order valence-electron chi connectivity index (χ0n) is 10.2. The van der Waals surface area contributed by atoms with Crippen molar-refractivity contribution in [1.29, 1.82) is 0 Å². The molecule has 0 spiro atoms. The monoisotopic (exact) mass is 352 g/mol. The predicted molar refractivity (Wildman–Crippen MR) is 83.3 cm³/mol. The number of carbonyl (C=O) groups is 1. The number of amides is 1. The average molecular weight is 354 g/mol. The molecule has 0 fully saturated rings. The Bertz CT molecular complexity index is 612. The molecule has 0 saturated carbocycles. The molecule has 1 amide bonds. The number of halogens is 2. The molecule has 0 unspecified atom stereocenters. The number of benzene rings is 2. The number of rotatable bonds is 3. The average Bonchev–Trinajstić information content (AvgIpc) is 2.44. The van der Waals surface area contributed by atoms with Gasteiger partial charge in [0.1, 0.15) is 0 Å². The van der Waals surface area contributed by atoms with Crippen molar-refractivity contribution in [2.24, 2.45) is 5.16 Å². The van der Waals surface area contributed by atoms with Gasteiger partial charge in [0, 0.05) is 15.2 Å². The summed E-state index contributed by atoms with van der Waals surface area (Å²) in [6.45, 7) is 0. The lowest BCUT2D eigenvalue weighted by Crippen LogP contribution is -2.10. The SMILES string of the molecule is O=C(Nc1ccc(Cl)cc1)ON=Cc1ccc(Br)cc1. The first-order chi connectivity index (χ1) is 9.63. The zero-order valence-corrected chi connectivity index (χ0v) is 12.6. The highest BCUT2D eigenvalue weighted by Gasteiger charge is 2.01. The van der Waals surface area contributed by atoms with E-state index in [9.17, 15) is 4.79 Å². The lowest BCUT2D eigenvalue weighted by Gasteiger charge is -2.02. The van der Waals surface area contributed by atoms with Gasteiger partial charge in [-0.3, -0.25) is 10.2 Å². The molecule has 0 aliphatic heterocycles. The number of carbonyl (C=O) groups excluding carboxylic acids is 1. The molecule has 2 aromatic rings. The molecule has 0 bridgehead atoms. The van der Waals surface area contributed by atoms with Gasteiger partial charge in [-0.2, -0.15) is 0 Å². The Morgan fingerprint density at radius 3 is 2.45 bits per heavy atom. The van der Waals surface area contributed by atoms with Crippen molar-refractivity contribution in [1.82, 2.24) is 0 Å². The maximum absolute atomic E-state index is 11.5. The first-order valence-corrected chi connectivity index (χ1v) is 6.83. The molecule has 0 aliphatic carbocycles. The third kappa shape index (κ3) is 4.68. The Kier molecular flexibility index (Phi) is 5.15. The fourth-order valence-corrected chi connectivity index (χ4v) is 1.75. The number of anilines is 1. The minimum Gasteiger partial charge on any atom is -0.298 e. The number of hydrogen-bond acceptors (Lipinski definition) is 3. The van der Waals surface area contributed by atoms with E-state index in [1.165, 1.54) is 6.21 Å². The first kappa shape index (κ1) is 14.6. The van der Waals surface area contributed by atoms with Crippen LogP contribution in [0.4, 0.5) is 10.5 Å². The van der Waals surface area contributed by atoms with Gasteiger partial charge >= 0.3 is 6.09 Å². The Labute approximate surface area is 129 Å². The highest BCUT2D eigenvalue weighted by Crippen LogP contribution is 2.13. The summed E-state index contributed by atoms with van der Waals surface area (Å²) in [7, 11) is 0. The van der Waals surface area contributed by atoms with E-state index in [0.29, 0.717) is 10.7 Å². The Morgan fingerprint density at radius 2 is 1.80 bits per heavy atom. The minimum atomic E-state index is -0.666. The van der Waals surface area contributed by atoms with Gasteiger partial charge in [-0.1, -0.05) is 44.8 Å². The van der Waals surface area contributed by atoms with Crippen molar-refractivity contribution in [2.75, 3.05) is 5.32 Å². The maximum Gasteiger partial charge on any atom is 0.437 e. The fraction of sp³-hybridized carbons (Fsp3) is 0. The van der Waals surface area contributed by atoms with E-state index in [1.807, 2.05) is 24.3 Å². The molecule has 4 nitrogen and oxygen atoms in total. The van der Waals surface area contributed by atoms with Crippen LogP contribution in [0.1, 0.15) is 5.56 Å². The largest absolute Gasteiger partial charge is 0.437 e. The van der Waals surface area contributed by atoms with Crippen LogP contribution in [-0.2, 0) is 4.84 Å². The highest BCUT2D eigenvalue weighted by molar-refractivity contribution is 9.10. The molecule has 0 heterocycles. The summed E-state index contributed by atoms with van der Waals surface area (Å²) in [4.78, 5) is 16.1. The molecule has 0 aliphatic rings. The molecule has 0 radical (unpaired) electrons. The van der Waals surface area contributed by atoms with Crippen molar-refractivity contribution in [3.63, 3.8) is 0 Å². The number of nitrogens with one attached hydrogen (secondary N) is 1. The molecule has 6 heteroatoms. The Morgan fingerprint density at radius 1 is 1.15 bits per heavy atom. The standard InChI is InChI=1S/C14H10BrClN2O2/c15-11-3-1-10(2-4-11)9-17-20-14(19)18-13-7-5-12(16)6-8-13/h1-9H,(H,18,19). The molecule has 0 saturated heterocycles. The highest BCUT2D eigenvalue weighted by atomic mass is 79.9. The van der Waals surface area contributed by atoms with Crippen LogP contribution in [0.5, 0.6) is 0 Å². The van der Waals surface area contributed by atoms with E-state index in [-0.39, 0.29) is 0 Å². The lowest BCUT2D eigenvalue weighted by molar-refractivity contribution is 0.167. The van der Waals surface area contributed by atoms with Crippen LogP contribution >= 0.6 is 27.5 Å². The van der Waals surface area contributed by atoms with Gasteiger partial charge in [0.15, 0.2) is 0 Å². The molecule has 0 atom stereocenters. The number of hydrogen-bond donors (Lipinski definition) is 1. The molecule has 102 valence electrons. The minimum absolute atomic E-state index is 0.582. The second kappa shape index (κ2) is 7.07. The molecular weight excluding hydrogens is 344 g/mol. The van der Waals surface area contributed by atoms with E-state index in [1.54, 1.807) is 24.3 Å². The van der Waals surface area contributed by atoms with E-state index >= 15 is 0 Å². The topological polar surface area (TPSA) is 50.7 Å². The Hall–Kier alpha value is -1.85. The molecule has 1 N–H and O–H groups in total. The van der Waals surface area contributed by atoms with Crippen LogP contribution in [0.15, 0.2) is 58.2 Å². The van der Waals surface area contributed by atoms with Crippen LogP contribution in [0.3, 0.4) is 0 Å². The Balaban J connectivity index is 1.85. The van der Waals surface area contributed by atoms with Gasteiger partial charge in [-0.25, -0.2) is 4.79 Å². The molecule has 2 rings (SSSR count). The van der Waals surface area contributed by atoms with Crippen LogP contribution in [0.25, 0.3) is 0 Å². The normalized spacial score (nSPS) is 10.5. The van der Waals surface area contributed by atoms with Gasteiger partial charge in [0.2, 0.25) is 0 Å². The van der Waals surface area contributed by atoms with Gasteiger partial charge in [0.05, 0.1) is 6.21 Å². The van der Waals surface area contributed by atoms with E-state index in [2.05, 4.69) is 31.2 Å². The van der Waals surface area contributed by atoms with Crippen LogP contribution in [-0.4, -0.2) is 12.3 Å². The van der Waals surface area contributed by atoms with Crippen LogP contribution in [0.2, 0.25) is 5.02 Å². The number of oxime groups is 1. The first-order valence-electron chi connectivity index (χ1n) is 5.66. The van der Waals surface area contributed by atoms with Gasteiger partial charge in [0.25, 0.3) is 0 Å². The van der Waals surface area contributed by atoms with E-state index in [4.69, 9.17) is 11.6 Å². The quantitative estimate of drug-likeness (QED) is 0.494. The smallest absolute Gasteiger partial charge is 0.298 e. The summed E-state index contributed by atoms with van der Waals surface area (Å²) in [6.07, 6.45) is 0.786. The maximum atomic E-state index is 11.5. The summed E-state index contributed by atoms with van der Waals surface area (Å²) >= 11 is 9.07. The second-order valence-electron chi connectivity index (χ2n) is 3.80. The predicted octanol–water partition coefficient (Wildman–Crippen LogP) is 4.69. The molecule has 20 heavy (non-hydrogen) atoms. The van der Waals surface area contributed by atoms with Gasteiger partial charge < -0.3 is 0 Å². The number of nitrogens with zero attached hydrogens (tertiary/aromatic N) is 1. The summed E-state index contributed by atoms with van der Waals surface area (Å²) < 4.78 is 0.969. The van der Waals surface area contributed by atoms with Crippen molar-refractivity contribution in [2.45, 2.75) is 0 Å². The van der Waals surface area contributed by atoms with Crippen molar-refractivity contribution < 1.29 is 9.63 Å². The van der Waals surface area contributed by atoms with E-state index < -0.39 is 6.09 Å². The van der Waals surface area contributed by atoms with Crippen LogP contribution in [0, 0.1) is 0 Å². The third-order valence-electron chi connectivity index (χ3n) is 2.30. The summed E-state index contributed by atoms with van der Waals surface area (Å²) in [5.41, 5.74) is 1.41. The van der Waals surface area contributed by atoms with Crippen molar-refractivity contribution >= 4 is 45.5 Å². The summed E-state index contributed by atoms with van der Waals surface area (Å²) in [5, 5.41) is 6.72. The molecule has 2 aromatic carbocycles. The van der Waals surface area contributed by atoms with E-state index in [0.717, 1.165) is 10.0 Å². The molecule has 0 aromatic heterocycles. The summed E-state index contributed by atoms with van der Waals surface area (Å²) in [5.74, 6) is 0. The molecular formula is C14H10BrClN2O2. The third-order valence-corrected chi connectivity index (χ3v) is 3.08. The van der Waals surface area contributed by atoms with Crippen LogP contribution < -0.4 is 5.32 Å². The zero-order chi connectivity index (χ0) is 14.4. The second-order valence-corrected chi connectivity index (χ2v) is 5.15. The fourth-order valence-electron chi connectivity index (χ4n) is 1.36. The van der Waals surface area contributed by atoms with Gasteiger partial charge in [-0.15, -0.1) is 0 Å². The summed E-state index contributed by atoms with van der Waals surface area (Å²) in [6, 6.07) is 14.1. The lowest BCUT2D eigenvalue weighted by atomic mass is 10.2. The van der Waals surface area contributed by atoms with Crippen molar-refractivity contribution in [3.05, 3.63) is 63.6 Å².